The molecule has 0 spiro atoms. The number of fused-ring (bicyclic) bond motifs is 1. The average Bonchev–Trinajstić information content (AvgIpc) is 3.25. The summed E-state index contributed by atoms with van der Waals surface area (Å²) in [5.41, 5.74) is 6.95. The van der Waals surface area contributed by atoms with Gasteiger partial charge in [-0.15, -0.1) is 0 Å². The van der Waals surface area contributed by atoms with Gasteiger partial charge in [0.25, 0.3) is 5.69 Å². The Morgan fingerprint density at radius 3 is 2.42 bits per heavy atom. The molecule has 1 saturated heterocycles. The van der Waals surface area contributed by atoms with E-state index in [-0.39, 0.29) is 45.8 Å². The third kappa shape index (κ3) is 5.84. The quantitative estimate of drug-likeness (QED) is 0.135. The SMILES string of the molecule is CC(C)(C)[Si](C)(C)OCC[C@H]1C(=O)N2C(C(=O)OCc3ccc([N+](=O)[O-])cc3)=C(c3cccc(C(N)=O)c3)S[C@H]12. The number of ether oxygens (including phenoxy) is 1. The zero-order valence-electron chi connectivity index (χ0n) is 23.1. The number of nitrogens with zero attached hydrogens (tertiary/aromatic N) is 2. The van der Waals surface area contributed by atoms with Gasteiger partial charge in [-0.3, -0.25) is 24.6 Å². The molecule has 40 heavy (non-hydrogen) atoms. The summed E-state index contributed by atoms with van der Waals surface area (Å²) in [5, 5.41) is 10.7. The number of hydrogen-bond donors (Lipinski definition) is 1. The highest BCUT2D eigenvalue weighted by molar-refractivity contribution is 8.09. The van der Waals surface area contributed by atoms with Crippen LogP contribution in [-0.2, 0) is 25.4 Å². The highest BCUT2D eigenvalue weighted by atomic mass is 32.2. The van der Waals surface area contributed by atoms with Gasteiger partial charge < -0.3 is 14.9 Å². The van der Waals surface area contributed by atoms with Crippen LogP contribution >= 0.6 is 11.8 Å². The second kappa shape index (κ2) is 11.2. The molecule has 0 radical (unpaired) electrons. The van der Waals surface area contributed by atoms with Crippen LogP contribution in [-0.4, -0.2) is 47.9 Å². The lowest BCUT2D eigenvalue weighted by atomic mass is 9.94. The van der Waals surface area contributed by atoms with Crippen molar-refractivity contribution in [2.45, 2.75) is 57.3 Å². The standard InChI is InChI=1S/C28H33N3O7SSi/c1-28(2,3)40(4,5)38-14-13-21-25(33)30-22(27(34)37-16-17-9-11-20(12-10-17)31(35)36)23(39-26(21)30)18-7-6-8-19(15-18)24(29)32/h6-12,15,21,26H,13-14,16H2,1-5H3,(H2,29,32)/t21-,26+/m0/s1. The van der Waals surface area contributed by atoms with Gasteiger partial charge in [0.2, 0.25) is 11.8 Å². The van der Waals surface area contributed by atoms with E-state index in [4.69, 9.17) is 14.9 Å². The normalized spacial score (nSPS) is 18.8. The predicted molar refractivity (Wildman–Crippen MR) is 154 cm³/mol. The summed E-state index contributed by atoms with van der Waals surface area (Å²) in [4.78, 5) is 50.9. The predicted octanol–water partition coefficient (Wildman–Crippen LogP) is 5.05. The van der Waals surface area contributed by atoms with Gasteiger partial charge in [0.1, 0.15) is 12.3 Å². The molecule has 0 aliphatic carbocycles. The van der Waals surface area contributed by atoms with Gasteiger partial charge >= 0.3 is 5.97 Å². The smallest absolute Gasteiger partial charge is 0.356 e. The molecule has 4 rings (SSSR count). The van der Waals surface area contributed by atoms with E-state index in [1.54, 1.807) is 24.3 Å². The lowest BCUT2D eigenvalue weighted by molar-refractivity contribution is -0.384. The molecule has 212 valence electrons. The van der Waals surface area contributed by atoms with Crippen LogP contribution in [0.4, 0.5) is 5.69 Å². The topological polar surface area (TPSA) is 142 Å². The number of amides is 2. The average molecular weight is 584 g/mol. The van der Waals surface area contributed by atoms with E-state index in [0.717, 1.165) is 0 Å². The highest BCUT2D eigenvalue weighted by Crippen LogP contribution is 2.54. The van der Waals surface area contributed by atoms with Crippen molar-refractivity contribution in [3.63, 3.8) is 0 Å². The molecule has 2 N–H and O–H groups in total. The molecule has 2 aliphatic heterocycles. The summed E-state index contributed by atoms with van der Waals surface area (Å²) >= 11 is 1.39. The number of benzene rings is 2. The number of primary amides is 1. The van der Waals surface area contributed by atoms with Crippen molar-refractivity contribution in [1.29, 1.82) is 0 Å². The lowest BCUT2D eigenvalue weighted by Crippen LogP contribution is -2.57. The molecule has 0 aromatic heterocycles. The van der Waals surface area contributed by atoms with Gasteiger partial charge in [0, 0.05) is 29.2 Å². The van der Waals surface area contributed by atoms with Crippen LogP contribution in [0.2, 0.25) is 18.1 Å². The Morgan fingerprint density at radius 1 is 1.15 bits per heavy atom. The molecular weight excluding hydrogens is 550 g/mol. The number of hydrogen-bond acceptors (Lipinski definition) is 8. The number of thioether (sulfide) groups is 1. The Labute approximate surface area is 238 Å². The van der Waals surface area contributed by atoms with Gasteiger partial charge in [-0.1, -0.05) is 44.7 Å². The van der Waals surface area contributed by atoms with Crippen LogP contribution in [0.5, 0.6) is 0 Å². The summed E-state index contributed by atoms with van der Waals surface area (Å²) in [7, 11) is -1.98. The van der Waals surface area contributed by atoms with Crippen molar-refractivity contribution < 1.29 is 28.5 Å². The number of β-lactam (4-membered cyclic amide) rings is 1. The van der Waals surface area contributed by atoms with Crippen molar-refractivity contribution in [3.8, 4) is 0 Å². The molecule has 2 aromatic rings. The second-order valence-corrected chi connectivity index (χ2v) is 17.3. The fraction of sp³-hybridized carbons (Fsp3) is 0.393. The number of nitro benzene ring substituents is 1. The molecule has 2 atom stereocenters. The number of rotatable bonds is 10. The number of nitro groups is 1. The zero-order chi connectivity index (χ0) is 29.4. The van der Waals surface area contributed by atoms with Crippen LogP contribution in [0.1, 0.15) is 48.7 Å². The van der Waals surface area contributed by atoms with Gasteiger partial charge in [0.05, 0.1) is 16.2 Å². The number of esters is 1. The van der Waals surface area contributed by atoms with Crippen molar-refractivity contribution in [2.24, 2.45) is 11.7 Å². The Morgan fingerprint density at radius 2 is 1.82 bits per heavy atom. The molecule has 2 heterocycles. The van der Waals surface area contributed by atoms with E-state index in [2.05, 4.69) is 33.9 Å². The Balaban J connectivity index is 1.55. The first kappa shape index (κ1) is 29.5. The van der Waals surface area contributed by atoms with Gasteiger partial charge in [0.15, 0.2) is 8.32 Å². The monoisotopic (exact) mass is 583 g/mol. The summed E-state index contributed by atoms with van der Waals surface area (Å²) in [5.74, 6) is -1.81. The lowest BCUT2D eigenvalue weighted by Gasteiger charge is -2.43. The molecule has 2 amide bonds. The van der Waals surface area contributed by atoms with Crippen molar-refractivity contribution in [2.75, 3.05) is 6.61 Å². The molecule has 10 nitrogen and oxygen atoms in total. The summed E-state index contributed by atoms with van der Waals surface area (Å²) in [6.07, 6.45) is 0.527. The first-order chi connectivity index (χ1) is 18.7. The van der Waals surface area contributed by atoms with E-state index in [0.29, 0.717) is 29.1 Å². The first-order valence-electron chi connectivity index (χ1n) is 12.9. The Kier molecular flexibility index (Phi) is 8.25. The molecule has 2 aromatic carbocycles. The highest BCUT2D eigenvalue weighted by Gasteiger charge is 2.56. The largest absolute Gasteiger partial charge is 0.456 e. The molecule has 0 bridgehead atoms. The van der Waals surface area contributed by atoms with Crippen LogP contribution < -0.4 is 5.73 Å². The van der Waals surface area contributed by atoms with Crippen LogP contribution in [0.3, 0.4) is 0 Å². The fourth-order valence-electron chi connectivity index (χ4n) is 4.25. The van der Waals surface area contributed by atoms with Crippen molar-refractivity contribution in [3.05, 3.63) is 81.0 Å². The maximum absolute atomic E-state index is 13.4. The van der Waals surface area contributed by atoms with E-state index >= 15 is 0 Å². The summed E-state index contributed by atoms with van der Waals surface area (Å²) in [6.45, 7) is 11.1. The summed E-state index contributed by atoms with van der Waals surface area (Å²) in [6, 6.07) is 12.3. The van der Waals surface area contributed by atoms with Gasteiger partial charge in [-0.05, 0) is 59.9 Å². The number of non-ortho nitro benzene ring substituents is 1. The third-order valence-electron chi connectivity index (χ3n) is 7.67. The van der Waals surface area contributed by atoms with Crippen LogP contribution in [0, 0.1) is 16.0 Å². The Hall–Kier alpha value is -3.48. The Bertz CT molecular complexity index is 1390. The zero-order valence-corrected chi connectivity index (χ0v) is 24.9. The van der Waals surface area contributed by atoms with E-state index < -0.39 is 25.1 Å². The maximum Gasteiger partial charge on any atom is 0.356 e. The number of carbonyl (C=O) groups is 3. The molecule has 0 unspecified atom stereocenters. The minimum absolute atomic E-state index is 0.0472. The van der Waals surface area contributed by atoms with Gasteiger partial charge in [-0.25, -0.2) is 4.79 Å². The maximum atomic E-state index is 13.4. The minimum atomic E-state index is -1.98. The van der Waals surface area contributed by atoms with Crippen molar-refractivity contribution >= 4 is 48.5 Å². The summed E-state index contributed by atoms with van der Waals surface area (Å²) < 4.78 is 11.9. The van der Waals surface area contributed by atoms with Crippen LogP contribution in [0.15, 0.2) is 54.2 Å². The van der Waals surface area contributed by atoms with E-state index in [1.165, 1.54) is 40.9 Å². The fourth-order valence-corrected chi connectivity index (χ4v) is 6.84. The van der Waals surface area contributed by atoms with E-state index in [9.17, 15) is 24.5 Å². The van der Waals surface area contributed by atoms with Crippen molar-refractivity contribution in [1.82, 2.24) is 4.90 Å². The molecule has 2 aliphatic rings. The third-order valence-corrected chi connectivity index (χ3v) is 13.6. The molecule has 0 saturated carbocycles. The number of nitrogens with two attached hydrogens (primary N) is 1. The minimum Gasteiger partial charge on any atom is -0.456 e. The molecule has 12 heteroatoms. The molecule has 1 fully saturated rings. The van der Waals surface area contributed by atoms with E-state index in [1.807, 2.05) is 0 Å². The second-order valence-electron chi connectivity index (χ2n) is 11.3. The van der Waals surface area contributed by atoms with Gasteiger partial charge in [-0.2, -0.15) is 0 Å². The number of carbonyl (C=O) groups excluding carboxylic acids is 3. The first-order valence-corrected chi connectivity index (χ1v) is 16.7. The van der Waals surface area contributed by atoms with Crippen LogP contribution in [0.25, 0.3) is 4.91 Å². The molecular formula is C28H33N3O7SSi.